The topological polar surface area (TPSA) is 40.1 Å². The van der Waals surface area contributed by atoms with Crippen LogP contribution in [0.5, 0.6) is 0 Å². The van der Waals surface area contributed by atoms with Crippen molar-refractivity contribution in [2.45, 2.75) is 26.7 Å². The van der Waals surface area contributed by atoms with Gasteiger partial charge in [-0.05, 0) is 38.8 Å². The van der Waals surface area contributed by atoms with Gasteiger partial charge in [-0.2, -0.15) is 0 Å². The predicted octanol–water partition coefficient (Wildman–Crippen LogP) is 2.87. The fourth-order valence-electron chi connectivity index (χ4n) is 2.96. The molecule has 1 aliphatic heterocycles. The van der Waals surface area contributed by atoms with E-state index in [2.05, 4.69) is 15.2 Å². The van der Waals surface area contributed by atoms with Crippen molar-refractivity contribution in [3.8, 4) is 0 Å². The molecule has 2 rings (SSSR count). The van der Waals surface area contributed by atoms with Gasteiger partial charge in [0.05, 0.1) is 5.69 Å². The van der Waals surface area contributed by atoms with E-state index < -0.39 is 5.82 Å². The van der Waals surface area contributed by atoms with Gasteiger partial charge < -0.3 is 19.9 Å². The van der Waals surface area contributed by atoms with Crippen LogP contribution < -0.4 is 10.2 Å². The number of hydrogen-bond acceptors (Lipinski definition) is 3. The third kappa shape index (κ3) is 6.12. The second-order valence-corrected chi connectivity index (χ2v) is 6.21. The highest BCUT2D eigenvalue weighted by molar-refractivity contribution is 5.80. The molecule has 0 amide bonds. The maximum Gasteiger partial charge on any atom is 0.194 e. The Bertz CT molecular complexity index is 575. The molecule has 0 bridgehead atoms. The first-order valence-electron chi connectivity index (χ1n) is 9.46. The lowest BCUT2D eigenvalue weighted by Crippen LogP contribution is -2.52. The number of ether oxygens (including phenoxy) is 1. The number of guanidine groups is 1. The molecule has 5 nitrogen and oxygen atoms in total. The molecular weight excluding hydrogens is 338 g/mol. The molecule has 0 radical (unpaired) electrons. The zero-order chi connectivity index (χ0) is 18.8. The largest absolute Gasteiger partial charge is 0.382 e. The molecule has 1 aliphatic rings. The van der Waals surface area contributed by atoms with Crippen LogP contribution in [0.4, 0.5) is 14.5 Å². The van der Waals surface area contributed by atoms with Crippen LogP contribution in [0.25, 0.3) is 0 Å². The lowest BCUT2D eigenvalue weighted by Gasteiger charge is -2.37. The molecule has 1 N–H and O–H groups in total. The first-order valence-corrected chi connectivity index (χ1v) is 9.46. The fraction of sp³-hybridized carbons (Fsp3) is 0.632. The fourth-order valence-corrected chi connectivity index (χ4v) is 2.96. The van der Waals surface area contributed by atoms with Gasteiger partial charge in [0.15, 0.2) is 5.96 Å². The minimum atomic E-state index is -0.411. The summed E-state index contributed by atoms with van der Waals surface area (Å²) >= 11 is 0. The predicted molar refractivity (Wildman–Crippen MR) is 102 cm³/mol. The zero-order valence-corrected chi connectivity index (χ0v) is 15.8. The molecule has 0 saturated carbocycles. The number of nitrogens with one attached hydrogen (secondary N) is 1. The number of aliphatic imine (C=N–C) groups is 1. The lowest BCUT2D eigenvalue weighted by atomic mass is 10.2. The SMILES string of the molecule is CCNC(=NCCCCOCC)N1CCN(c2cc(F)ccc2F)CC1. The molecule has 0 aliphatic carbocycles. The molecule has 146 valence electrons. The number of unbranched alkanes of at least 4 members (excludes halogenated alkanes) is 1. The molecule has 1 fully saturated rings. The molecule has 26 heavy (non-hydrogen) atoms. The molecule has 7 heteroatoms. The number of nitrogens with zero attached hydrogens (tertiary/aromatic N) is 3. The number of benzene rings is 1. The van der Waals surface area contributed by atoms with E-state index in [4.69, 9.17) is 4.74 Å². The van der Waals surface area contributed by atoms with E-state index in [0.717, 1.165) is 64.3 Å². The van der Waals surface area contributed by atoms with Crippen LogP contribution in [0.2, 0.25) is 0 Å². The average Bonchev–Trinajstić information content (AvgIpc) is 2.66. The van der Waals surface area contributed by atoms with Crippen molar-refractivity contribution in [2.75, 3.05) is 57.4 Å². The van der Waals surface area contributed by atoms with Crippen molar-refractivity contribution in [1.82, 2.24) is 10.2 Å². The van der Waals surface area contributed by atoms with Crippen molar-refractivity contribution in [2.24, 2.45) is 4.99 Å². The van der Waals surface area contributed by atoms with Gasteiger partial charge >= 0.3 is 0 Å². The summed E-state index contributed by atoms with van der Waals surface area (Å²) in [6, 6.07) is 3.60. The Morgan fingerprint density at radius 1 is 1.15 bits per heavy atom. The van der Waals surface area contributed by atoms with E-state index >= 15 is 0 Å². The van der Waals surface area contributed by atoms with E-state index in [0.29, 0.717) is 18.8 Å². The number of rotatable bonds is 8. The Hall–Kier alpha value is -1.89. The van der Waals surface area contributed by atoms with Gasteiger partial charge in [0.2, 0.25) is 0 Å². The van der Waals surface area contributed by atoms with Crippen LogP contribution >= 0.6 is 0 Å². The van der Waals surface area contributed by atoms with Gasteiger partial charge in [-0.15, -0.1) is 0 Å². The summed E-state index contributed by atoms with van der Waals surface area (Å²) in [5.74, 6) is 0.101. The number of piperazine rings is 1. The normalized spacial score (nSPS) is 15.5. The molecular formula is C19H30F2N4O. The van der Waals surface area contributed by atoms with Crippen molar-refractivity contribution in [1.29, 1.82) is 0 Å². The number of hydrogen-bond donors (Lipinski definition) is 1. The summed E-state index contributed by atoms with van der Waals surface area (Å²) in [7, 11) is 0. The van der Waals surface area contributed by atoms with Crippen molar-refractivity contribution in [3.05, 3.63) is 29.8 Å². The second kappa shape index (κ2) is 11.0. The average molecular weight is 368 g/mol. The Kier molecular flexibility index (Phi) is 8.61. The molecule has 1 aromatic carbocycles. The number of halogens is 2. The second-order valence-electron chi connectivity index (χ2n) is 6.21. The quantitative estimate of drug-likeness (QED) is 0.435. The van der Waals surface area contributed by atoms with E-state index in [-0.39, 0.29) is 5.82 Å². The maximum absolute atomic E-state index is 14.0. The van der Waals surface area contributed by atoms with Gasteiger partial charge in [-0.3, -0.25) is 4.99 Å². The molecule has 1 aromatic rings. The number of anilines is 1. The first-order chi connectivity index (χ1) is 12.7. The van der Waals surface area contributed by atoms with Crippen LogP contribution in [0.15, 0.2) is 23.2 Å². The molecule has 1 heterocycles. The summed E-state index contributed by atoms with van der Waals surface area (Å²) in [4.78, 5) is 8.76. The minimum Gasteiger partial charge on any atom is -0.382 e. The summed E-state index contributed by atoms with van der Waals surface area (Å²) < 4.78 is 32.7. The van der Waals surface area contributed by atoms with E-state index in [9.17, 15) is 8.78 Å². The van der Waals surface area contributed by atoms with Crippen LogP contribution in [0, 0.1) is 11.6 Å². The summed E-state index contributed by atoms with van der Waals surface area (Å²) in [5, 5.41) is 3.32. The maximum atomic E-state index is 14.0. The molecule has 0 aromatic heterocycles. The van der Waals surface area contributed by atoms with Crippen LogP contribution in [-0.2, 0) is 4.74 Å². The van der Waals surface area contributed by atoms with E-state index in [1.54, 1.807) is 0 Å². The van der Waals surface area contributed by atoms with E-state index in [1.165, 1.54) is 12.1 Å². The first kappa shape index (κ1) is 20.4. The van der Waals surface area contributed by atoms with Crippen LogP contribution in [-0.4, -0.2) is 63.3 Å². The highest BCUT2D eigenvalue weighted by atomic mass is 19.1. The standard InChI is InChI=1S/C19H30F2N4O/c1-3-22-19(23-9-5-6-14-26-4-2)25-12-10-24(11-13-25)18-15-16(20)7-8-17(18)21/h7-8,15H,3-6,9-14H2,1-2H3,(H,22,23). The van der Waals surface area contributed by atoms with Gasteiger partial charge in [-0.25, -0.2) is 8.78 Å². The highest BCUT2D eigenvalue weighted by Gasteiger charge is 2.21. The van der Waals surface area contributed by atoms with Crippen LogP contribution in [0.3, 0.4) is 0 Å². The Balaban J connectivity index is 1.87. The Labute approximate surface area is 155 Å². The van der Waals surface area contributed by atoms with Gasteiger partial charge in [0, 0.05) is 58.5 Å². The summed E-state index contributed by atoms with van der Waals surface area (Å²) in [6.45, 7) is 9.85. The van der Waals surface area contributed by atoms with Crippen molar-refractivity contribution >= 4 is 11.6 Å². The molecule has 0 atom stereocenters. The van der Waals surface area contributed by atoms with Crippen molar-refractivity contribution in [3.63, 3.8) is 0 Å². The molecule has 0 spiro atoms. The Morgan fingerprint density at radius 2 is 1.92 bits per heavy atom. The molecule has 0 unspecified atom stereocenters. The van der Waals surface area contributed by atoms with Gasteiger partial charge in [-0.1, -0.05) is 0 Å². The van der Waals surface area contributed by atoms with Gasteiger partial charge in [0.25, 0.3) is 0 Å². The van der Waals surface area contributed by atoms with E-state index in [1.807, 2.05) is 18.7 Å². The third-order valence-corrected chi connectivity index (χ3v) is 4.33. The highest BCUT2D eigenvalue weighted by Crippen LogP contribution is 2.21. The smallest absolute Gasteiger partial charge is 0.194 e. The Morgan fingerprint density at radius 3 is 2.62 bits per heavy atom. The molecule has 1 saturated heterocycles. The summed E-state index contributed by atoms with van der Waals surface area (Å²) in [6.07, 6.45) is 1.99. The lowest BCUT2D eigenvalue weighted by molar-refractivity contribution is 0.144. The van der Waals surface area contributed by atoms with Crippen LogP contribution in [0.1, 0.15) is 26.7 Å². The third-order valence-electron chi connectivity index (χ3n) is 4.33. The minimum absolute atomic E-state index is 0.336. The monoisotopic (exact) mass is 368 g/mol. The summed E-state index contributed by atoms with van der Waals surface area (Å²) in [5.41, 5.74) is 0.336. The van der Waals surface area contributed by atoms with Crippen molar-refractivity contribution < 1.29 is 13.5 Å². The van der Waals surface area contributed by atoms with Gasteiger partial charge in [0.1, 0.15) is 11.6 Å². The zero-order valence-electron chi connectivity index (χ0n) is 15.8.